The standard InChI is InChI=1S/C16H19ClNO3P/c1-12-6-2-3-7-13(12)10-11-18-16(22(19,20)21)14-8-4-5-9-15(14)17/h2-9,16,18H,10-11H2,1H3,(H2,19,20,21)/t16-/m1/s1. The Hall–Kier alpha value is -1.16. The van der Waals surface area contributed by atoms with Crippen molar-refractivity contribution in [2.45, 2.75) is 19.1 Å². The molecule has 0 unspecified atom stereocenters. The van der Waals surface area contributed by atoms with Gasteiger partial charge in [0.05, 0.1) is 0 Å². The Morgan fingerprint density at radius 3 is 2.41 bits per heavy atom. The second kappa shape index (κ2) is 7.40. The predicted molar refractivity (Wildman–Crippen MR) is 89.1 cm³/mol. The summed E-state index contributed by atoms with van der Waals surface area (Å²) in [5, 5.41) is 3.29. The molecule has 0 spiro atoms. The van der Waals surface area contributed by atoms with Crippen LogP contribution < -0.4 is 5.32 Å². The van der Waals surface area contributed by atoms with Gasteiger partial charge in [-0.25, -0.2) is 0 Å². The van der Waals surface area contributed by atoms with Gasteiger partial charge in [0.1, 0.15) is 5.78 Å². The highest BCUT2D eigenvalue weighted by Crippen LogP contribution is 2.51. The van der Waals surface area contributed by atoms with Crippen LogP contribution in [0.15, 0.2) is 48.5 Å². The summed E-state index contributed by atoms with van der Waals surface area (Å²) in [5.41, 5.74) is 2.73. The van der Waals surface area contributed by atoms with Gasteiger partial charge in [-0.3, -0.25) is 9.88 Å². The highest BCUT2D eigenvalue weighted by atomic mass is 35.5. The van der Waals surface area contributed by atoms with E-state index in [0.717, 1.165) is 11.1 Å². The van der Waals surface area contributed by atoms with Crippen LogP contribution in [0.1, 0.15) is 22.5 Å². The van der Waals surface area contributed by atoms with Crippen LogP contribution in [-0.2, 0) is 11.0 Å². The molecule has 2 aromatic rings. The molecule has 0 saturated carbocycles. The zero-order chi connectivity index (χ0) is 16.2. The second-order valence-electron chi connectivity index (χ2n) is 5.14. The van der Waals surface area contributed by atoms with Gasteiger partial charge < -0.3 is 9.79 Å². The van der Waals surface area contributed by atoms with E-state index in [1.807, 2.05) is 31.2 Å². The summed E-state index contributed by atoms with van der Waals surface area (Å²) >= 11 is 6.06. The van der Waals surface area contributed by atoms with Gasteiger partial charge in [-0.2, -0.15) is 0 Å². The summed E-state index contributed by atoms with van der Waals surface area (Å²) in [4.78, 5) is 19.2. The predicted octanol–water partition coefficient (Wildman–Crippen LogP) is 3.66. The fourth-order valence-electron chi connectivity index (χ4n) is 2.34. The van der Waals surface area contributed by atoms with Gasteiger partial charge >= 0.3 is 7.60 Å². The van der Waals surface area contributed by atoms with Crippen LogP contribution in [0.2, 0.25) is 5.02 Å². The fourth-order valence-corrected chi connectivity index (χ4v) is 3.62. The van der Waals surface area contributed by atoms with Crippen molar-refractivity contribution in [3.8, 4) is 0 Å². The molecular weight excluding hydrogens is 321 g/mol. The Morgan fingerprint density at radius 2 is 1.77 bits per heavy atom. The molecule has 3 N–H and O–H groups in total. The minimum absolute atomic E-state index is 0.346. The molecule has 0 aliphatic rings. The number of nitrogens with one attached hydrogen (secondary N) is 1. The van der Waals surface area contributed by atoms with E-state index in [1.54, 1.807) is 24.3 Å². The molecule has 0 aliphatic carbocycles. The first-order chi connectivity index (χ1) is 10.4. The van der Waals surface area contributed by atoms with Crippen LogP contribution in [0.5, 0.6) is 0 Å². The van der Waals surface area contributed by atoms with Crippen molar-refractivity contribution in [1.82, 2.24) is 5.32 Å². The summed E-state index contributed by atoms with van der Waals surface area (Å²) < 4.78 is 11.8. The first kappa shape index (κ1) is 17.2. The normalized spacial score (nSPS) is 13.1. The molecule has 0 fully saturated rings. The van der Waals surface area contributed by atoms with Gasteiger partial charge in [0, 0.05) is 11.6 Å². The number of benzene rings is 2. The average Bonchev–Trinajstić information content (AvgIpc) is 2.45. The summed E-state index contributed by atoms with van der Waals surface area (Å²) in [6.45, 7) is 2.47. The maximum Gasteiger partial charge on any atom is 0.346 e. The van der Waals surface area contributed by atoms with Crippen molar-refractivity contribution in [1.29, 1.82) is 0 Å². The Labute approximate surface area is 135 Å². The van der Waals surface area contributed by atoms with Gasteiger partial charge in [0.2, 0.25) is 0 Å². The molecule has 0 bridgehead atoms. The molecule has 0 radical (unpaired) electrons. The lowest BCUT2D eigenvalue weighted by Gasteiger charge is -2.21. The number of halogens is 1. The average molecular weight is 340 g/mol. The van der Waals surface area contributed by atoms with E-state index in [1.165, 1.54) is 0 Å². The van der Waals surface area contributed by atoms with Gasteiger partial charge in [0.25, 0.3) is 0 Å². The SMILES string of the molecule is Cc1ccccc1CCN[C@@H](c1ccccc1Cl)P(=O)(O)O. The van der Waals surface area contributed by atoms with Crippen LogP contribution in [0.4, 0.5) is 0 Å². The molecule has 2 aromatic carbocycles. The molecule has 0 aliphatic heterocycles. The lowest BCUT2D eigenvalue weighted by molar-refractivity contribution is 0.348. The third-order valence-electron chi connectivity index (χ3n) is 3.53. The van der Waals surface area contributed by atoms with Gasteiger partial charge in [-0.1, -0.05) is 54.1 Å². The van der Waals surface area contributed by atoms with Crippen molar-refractivity contribution < 1.29 is 14.4 Å². The zero-order valence-corrected chi connectivity index (χ0v) is 13.9. The highest BCUT2D eigenvalue weighted by molar-refractivity contribution is 7.52. The Kier molecular flexibility index (Phi) is 5.79. The first-order valence-corrected chi connectivity index (χ1v) is 9.03. The number of hydrogen-bond donors (Lipinski definition) is 3. The smallest absolute Gasteiger partial charge is 0.323 e. The van der Waals surface area contributed by atoms with Crippen molar-refractivity contribution in [3.63, 3.8) is 0 Å². The van der Waals surface area contributed by atoms with Crippen molar-refractivity contribution >= 4 is 19.2 Å². The molecule has 0 saturated heterocycles. The lowest BCUT2D eigenvalue weighted by Crippen LogP contribution is -2.24. The summed E-state index contributed by atoms with van der Waals surface area (Å²) in [6, 6.07) is 14.7. The quantitative estimate of drug-likeness (QED) is 0.702. The number of hydrogen-bond acceptors (Lipinski definition) is 2. The molecule has 0 amide bonds. The van der Waals surface area contributed by atoms with Crippen LogP contribution in [-0.4, -0.2) is 16.3 Å². The molecule has 4 nitrogen and oxygen atoms in total. The van der Waals surface area contributed by atoms with Gasteiger partial charge in [0.15, 0.2) is 0 Å². The molecule has 22 heavy (non-hydrogen) atoms. The third kappa shape index (κ3) is 4.42. The summed E-state index contributed by atoms with van der Waals surface area (Å²) in [6.07, 6.45) is 0.688. The monoisotopic (exact) mass is 339 g/mol. The molecule has 2 rings (SSSR count). The Balaban J connectivity index is 2.11. The minimum Gasteiger partial charge on any atom is -0.323 e. The molecular formula is C16H19ClNO3P. The number of aryl methyl sites for hydroxylation is 1. The Morgan fingerprint density at radius 1 is 1.14 bits per heavy atom. The molecule has 0 aromatic heterocycles. The highest BCUT2D eigenvalue weighted by Gasteiger charge is 2.31. The van der Waals surface area contributed by atoms with E-state index in [4.69, 9.17) is 11.6 Å². The van der Waals surface area contributed by atoms with Gasteiger partial charge in [-0.05, 0) is 36.1 Å². The maximum absolute atomic E-state index is 11.8. The second-order valence-corrected chi connectivity index (χ2v) is 7.25. The molecule has 1 atom stereocenters. The van der Waals surface area contributed by atoms with Crippen LogP contribution in [0, 0.1) is 6.92 Å². The van der Waals surface area contributed by atoms with E-state index in [2.05, 4.69) is 5.32 Å². The van der Waals surface area contributed by atoms with E-state index in [-0.39, 0.29) is 0 Å². The van der Waals surface area contributed by atoms with Crippen molar-refractivity contribution in [3.05, 3.63) is 70.2 Å². The van der Waals surface area contributed by atoms with Crippen molar-refractivity contribution in [2.75, 3.05) is 6.54 Å². The van der Waals surface area contributed by atoms with E-state index < -0.39 is 13.4 Å². The van der Waals surface area contributed by atoms with Crippen LogP contribution in [0.25, 0.3) is 0 Å². The van der Waals surface area contributed by atoms with Crippen molar-refractivity contribution in [2.24, 2.45) is 0 Å². The molecule has 0 heterocycles. The fraction of sp³-hybridized carbons (Fsp3) is 0.250. The number of rotatable bonds is 6. The van der Waals surface area contributed by atoms with Crippen LogP contribution >= 0.6 is 19.2 Å². The molecule has 6 heteroatoms. The minimum atomic E-state index is -4.35. The maximum atomic E-state index is 11.8. The lowest BCUT2D eigenvalue weighted by atomic mass is 10.1. The first-order valence-electron chi connectivity index (χ1n) is 6.97. The van der Waals surface area contributed by atoms with Gasteiger partial charge in [-0.15, -0.1) is 0 Å². The largest absolute Gasteiger partial charge is 0.346 e. The summed E-state index contributed by atoms with van der Waals surface area (Å²) in [7, 11) is -4.35. The third-order valence-corrected chi connectivity index (χ3v) is 5.01. The molecule has 118 valence electrons. The van der Waals surface area contributed by atoms with E-state index >= 15 is 0 Å². The Bertz CT molecular complexity index is 687. The van der Waals surface area contributed by atoms with Crippen LogP contribution in [0.3, 0.4) is 0 Å². The zero-order valence-electron chi connectivity index (χ0n) is 12.2. The topological polar surface area (TPSA) is 69.6 Å². The van der Waals surface area contributed by atoms with E-state index in [0.29, 0.717) is 23.6 Å². The van der Waals surface area contributed by atoms with E-state index in [9.17, 15) is 14.4 Å². The summed E-state index contributed by atoms with van der Waals surface area (Å²) in [5.74, 6) is -1.09.